The number of fused-ring (bicyclic) bond motifs is 1. The van der Waals surface area contributed by atoms with Crippen LogP contribution in [0.2, 0.25) is 0 Å². The van der Waals surface area contributed by atoms with Crippen molar-refractivity contribution >= 4 is 28.2 Å². The molecular formula is C31H41N5O6S. The van der Waals surface area contributed by atoms with E-state index < -0.39 is 23.9 Å². The van der Waals surface area contributed by atoms with E-state index in [2.05, 4.69) is 10.4 Å². The molecule has 1 unspecified atom stereocenters. The number of ether oxygens (including phenoxy) is 3. The molecule has 0 saturated carbocycles. The van der Waals surface area contributed by atoms with E-state index in [1.807, 2.05) is 57.3 Å². The summed E-state index contributed by atoms with van der Waals surface area (Å²) in [5.41, 5.74) is 0.593. The number of anilines is 1. The highest BCUT2D eigenvalue weighted by Crippen LogP contribution is 2.46. The van der Waals surface area contributed by atoms with E-state index in [0.717, 1.165) is 29.0 Å². The van der Waals surface area contributed by atoms with Gasteiger partial charge in [-0.2, -0.15) is 5.10 Å². The Balaban J connectivity index is 1.62. The molecule has 2 aromatic heterocycles. The number of hydrogen-bond donors (Lipinski definition) is 2. The number of rotatable bonds is 10. The van der Waals surface area contributed by atoms with Crippen molar-refractivity contribution in [2.24, 2.45) is 0 Å². The summed E-state index contributed by atoms with van der Waals surface area (Å²) in [5.74, 6) is -0.123. The average Bonchev–Trinajstić information content (AvgIpc) is 3.63. The van der Waals surface area contributed by atoms with Crippen molar-refractivity contribution in [2.45, 2.75) is 77.6 Å². The van der Waals surface area contributed by atoms with E-state index in [-0.39, 0.29) is 24.6 Å². The number of para-hydroxylation sites is 1. The lowest BCUT2D eigenvalue weighted by atomic mass is 9.97. The molecule has 0 radical (unpaired) electrons. The number of nitrogens with one attached hydrogen (secondary N) is 1. The second-order valence-electron chi connectivity index (χ2n) is 11.7. The molecule has 1 aromatic carbocycles. The molecule has 2 amide bonds. The van der Waals surface area contributed by atoms with E-state index in [0.29, 0.717) is 29.5 Å². The molecule has 3 aromatic rings. The Morgan fingerprint density at radius 1 is 1.21 bits per heavy atom. The summed E-state index contributed by atoms with van der Waals surface area (Å²) in [4.78, 5) is 30.7. The zero-order chi connectivity index (χ0) is 30.9. The van der Waals surface area contributed by atoms with E-state index in [1.165, 1.54) is 16.2 Å². The van der Waals surface area contributed by atoms with Crippen LogP contribution in [0.3, 0.4) is 0 Å². The van der Waals surface area contributed by atoms with Gasteiger partial charge in [-0.15, -0.1) is 0 Å². The van der Waals surface area contributed by atoms with Crippen LogP contribution >= 0.6 is 11.3 Å². The number of thiophene rings is 1. The third-order valence-electron chi connectivity index (χ3n) is 7.97. The Hall–Kier alpha value is -3.45. The maximum Gasteiger partial charge on any atom is 0.261 e. The number of benzene rings is 1. The fraction of sp³-hybridized carbons (Fsp3) is 0.516. The first-order valence-corrected chi connectivity index (χ1v) is 15.4. The first kappa shape index (κ1) is 31.0. The van der Waals surface area contributed by atoms with Gasteiger partial charge in [0.2, 0.25) is 12.3 Å². The summed E-state index contributed by atoms with van der Waals surface area (Å²) in [6.45, 7) is 10.3. The van der Waals surface area contributed by atoms with Crippen LogP contribution in [0.1, 0.15) is 68.1 Å². The second-order valence-corrected chi connectivity index (χ2v) is 12.7. The first-order chi connectivity index (χ1) is 20.5. The number of amides is 2. The van der Waals surface area contributed by atoms with Gasteiger partial charge < -0.3 is 29.5 Å². The monoisotopic (exact) mass is 611 g/mol. The van der Waals surface area contributed by atoms with Crippen molar-refractivity contribution in [3.05, 3.63) is 59.4 Å². The Kier molecular flexibility index (Phi) is 9.12. The lowest BCUT2D eigenvalue weighted by Crippen LogP contribution is -2.67. The number of carbonyl (C=O) groups excluding carboxylic acids is 2. The minimum atomic E-state index is -1.45. The number of methoxy groups -OCH3 is 1. The fourth-order valence-corrected chi connectivity index (χ4v) is 6.92. The van der Waals surface area contributed by atoms with Crippen LogP contribution in [0, 0.1) is 6.92 Å². The summed E-state index contributed by atoms with van der Waals surface area (Å²) in [7, 11) is 1.62. The second kappa shape index (κ2) is 12.7. The van der Waals surface area contributed by atoms with E-state index in [9.17, 15) is 14.7 Å². The van der Waals surface area contributed by atoms with Crippen molar-refractivity contribution in [3.8, 4) is 10.8 Å². The Bertz CT molecular complexity index is 1430. The molecule has 11 nitrogen and oxygen atoms in total. The van der Waals surface area contributed by atoms with E-state index >= 15 is 0 Å². The van der Waals surface area contributed by atoms with Gasteiger partial charge in [-0.05, 0) is 59.6 Å². The normalized spacial score (nSPS) is 18.6. The molecule has 4 heterocycles. The predicted octanol–water partition coefficient (Wildman–Crippen LogP) is 4.03. The lowest BCUT2D eigenvalue weighted by Gasteiger charge is -2.48. The highest BCUT2D eigenvalue weighted by atomic mass is 32.1. The van der Waals surface area contributed by atoms with Crippen LogP contribution in [0.5, 0.6) is 5.75 Å². The van der Waals surface area contributed by atoms with Crippen molar-refractivity contribution in [3.63, 3.8) is 0 Å². The van der Waals surface area contributed by atoms with Gasteiger partial charge in [0.05, 0.1) is 25.3 Å². The summed E-state index contributed by atoms with van der Waals surface area (Å²) < 4.78 is 19.7. The van der Waals surface area contributed by atoms with Gasteiger partial charge in [-0.3, -0.25) is 14.5 Å². The van der Waals surface area contributed by atoms with Crippen LogP contribution < -0.4 is 15.0 Å². The fourth-order valence-electron chi connectivity index (χ4n) is 5.66. The van der Waals surface area contributed by atoms with Gasteiger partial charge in [0.25, 0.3) is 5.91 Å². The molecule has 2 aliphatic rings. The Morgan fingerprint density at radius 2 is 1.93 bits per heavy atom. The van der Waals surface area contributed by atoms with Crippen molar-refractivity contribution in [2.75, 3.05) is 31.8 Å². The number of hydrogen-bond acceptors (Lipinski definition) is 9. The van der Waals surface area contributed by atoms with Gasteiger partial charge in [-0.25, -0.2) is 4.68 Å². The first-order valence-electron chi connectivity index (χ1n) is 14.6. The molecule has 5 rings (SSSR count). The Morgan fingerprint density at radius 3 is 2.58 bits per heavy atom. The van der Waals surface area contributed by atoms with E-state index in [4.69, 9.17) is 14.2 Å². The number of aromatic nitrogens is 2. The van der Waals surface area contributed by atoms with Crippen LogP contribution in [-0.2, 0) is 14.3 Å². The van der Waals surface area contributed by atoms with Crippen LogP contribution in [0.4, 0.5) is 5.00 Å². The lowest BCUT2D eigenvalue weighted by molar-refractivity contribution is -0.137. The topological polar surface area (TPSA) is 118 Å². The maximum atomic E-state index is 14.3. The average molecular weight is 612 g/mol. The molecule has 43 heavy (non-hydrogen) atoms. The van der Waals surface area contributed by atoms with Crippen molar-refractivity contribution < 1.29 is 28.9 Å². The van der Waals surface area contributed by atoms with Gasteiger partial charge in [0, 0.05) is 42.8 Å². The molecule has 2 atom stereocenters. The molecular weight excluding hydrogens is 570 g/mol. The molecule has 0 aliphatic carbocycles. The maximum absolute atomic E-state index is 14.3. The highest BCUT2D eigenvalue weighted by molar-refractivity contribution is 7.19. The quantitative estimate of drug-likeness (QED) is 0.353. The summed E-state index contributed by atoms with van der Waals surface area (Å²) >= 11 is 1.37. The SMILES string of the molecule is COc1ccccc1[C@H](CN1c2sc(-n3cccn3)c(C)c2C(=O)N(C(C)(C)C(=O)NC(C)C)C1O)OC1CCOCC1. The molecule has 0 bridgehead atoms. The highest BCUT2D eigenvalue weighted by Gasteiger charge is 2.50. The van der Waals surface area contributed by atoms with Gasteiger partial charge in [0.15, 0.2) is 0 Å². The summed E-state index contributed by atoms with van der Waals surface area (Å²) in [6, 6.07) is 9.34. The number of aliphatic hydroxyl groups excluding tert-OH is 1. The summed E-state index contributed by atoms with van der Waals surface area (Å²) in [5, 5.41) is 20.7. The number of carbonyl (C=O) groups is 2. The van der Waals surface area contributed by atoms with Gasteiger partial charge in [-0.1, -0.05) is 29.5 Å². The predicted molar refractivity (Wildman–Crippen MR) is 164 cm³/mol. The molecule has 232 valence electrons. The van der Waals surface area contributed by atoms with Gasteiger partial charge in [0.1, 0.15) is 27.4 Å². The van der Waals surface area contributed by atoms with Crippen LogP contribution in [0.15, 0.2) is 42.7 Å². The number of nitrogens with zero attached hydrogens (tertiary/aromatic N) is 4. The standard InChI is InChI=1S/C31H41N5O6S/c1-19(2)33-29(38)31(4,5)36-26(37)25-20(3)27(35-15-9-14-32-35)43-28(25)34(30(36)39)18-24(42-21-12-16-41-17-13-21)22-10-7-8-11-23(22)40-6/h7-11,14-15,19,21,24,30,39H,12-13,16-18H2,1-6H3,(H,33,38)/t24-,30?/m0/s1. The molecule has 1 fully saturated rings. The van der Waals surface area contributed by atoms with Crippen molar-refractivity contribution in [1.82, 2.24) is 20.0 Å². The number of aliphatic hydroxyl groups is 1. The zero-order valence-corrected chi connectivity index (χ0v) is 26.4. The Labute approximate surface area is 256 Å². The third kappa shape index (κ3) is 6.01. The van der Waals surface area contributed by atoms with Crippen LogP contribution in [-0.4, -0.2) is 82.5 Å². The smallest absolute Gasteiger partial charge is 0.261 e. The van der Waals surface area contributed by atoms with E-state index in [1.54, 1.807) is 36.7 Å². The third-order valence-corrected chi connectivity index (χ3v) is 9.29. The van der Waals surface area contributed by atoms with Crippen LogP contribution in [0.25, 0.3) is 5.00 Å². The molecule has 0 spiro atoms. The van der Waals surface area contributed by atoms with Gasteiger partial charge >= 0.3 is 0 Å². The molecule has 2 aliphatic heterocycles. The minimum Gasteiger partial charge on any atom is -0.496 e. The molecule has 1 saturated heterocycles. The van der Waals surface area contributed by atoms with Crippen molar-refractivity contribution in [1.29, 1.82) is 0 Å². The largest absolute Gasteiger partial charge is 0.496 e. The molecule has 12 heteroatoms. The minimum absolute atomic E-state index is 0.0548. The zero-order valence-electron chi connectivity index (χ0n) is 25.6. The summed E-state index contributed by atoms with van der Waals surface area (Å²) in [6.07, 6.45) is 2.95. The molecule has 2 N–H and O–H groups in total.